The van der Waals surface area contributed by atoms with Gasteiger partial charge in [0.25, 0.3) is 0 Å². The number of hydrogen-bond acceptors (Lipinski definition) is 2. The minimum atomic E-state index is -0.537. The molecule has 1 unspecified atom stereocenters. The first-order chi connectivity index (χ1) is 5.70. The van der Waals surface area contributed by atoms with Gasteiger partial charge in [-0.2, -0.15) is 0 Å². The summed E-state index contributed by atoms with van der Waals surface area (Å²) in [5, 5.41) is 10.0. The summed E-state index contributed by atoms with van der Waals surface area (Å²) in [5.41, 5.74) is 0.643. The van der Waals surface area contributed by atoms with Crippen molar-refractivity contribution in [3.8, 4) is 0 Å². The summed E-state index contributed by atoms with van der Waals surface area (Å²) in [6, 6.07) is 0. The van der Waals surface area contributed by atoms with Crippen LogP contribution in [0.5, 0.6) is 0 Å². The van der Waals surface area contributed by atoms with E-state index in [1.54, 1.807) is 0 Å². The average Bonchev–Trinajstić information content (AvgIpc) is 2.55. The minimum Gasteiger partial charge on any atom is -0.384 e. The maximum Gasteiger partial charge on any atom is 0.101 e. The molecule has 0 aromatic heterocycles. The molecule has 0 bridgehead atoms. The fraction of sp³-hybridized carbons (Fsp3) is 0.800. The first-order valence-electron chi connectivity index (χ1n) is 4.88. The molecule has 0 saturated carbocycles. The van der Waals surface area contributed by atoms with Crippen LogP contribution in [0, 0.1) is 0 Å². The molecule has 0 amide bonds. The van der Waals surface area contributed by atoms with Crippen molar-refractivity contribution in [2.75, 3.05) is 13.1 Å². The summed E-state index contributed by atoms with van der Waals surface area (Å²) in [4.78, 5) is 2.34. The van der Waals surface area contributed by atoms with Crippen LogP contribution >= 0.6 is 0 Å². The zero-order chi connectivity index (χ0) is 8.60. The topological polar surface area (TPSA) is 23.5 Å². The zero-order valence-electron chi connectivity index (χ0n) is 7.71. The van der Waals surface area contributed by atoms with Crippen molar-refractivity contribution in [1.29, 1.82) is 0 Å². The summed E-state index contributed by atoms with van der Waals surface area (Å²) in [5.74, 6) is 0. The zero-order valence-corrected chi connectivity index (χ0v) is 7.71. The third kappa shape index (κ3) is 1.24. The second-order valence-corrected chi connectivity index (χ2v) is 4.10. The molecule has 2 nitrogen and oxygen atoms in total. The van der Waals surface area contributed by atoms with Gasteiger partial charge in [-0.3, -0.25) is 0 Å². The molecule has 1 fully saturated rings. The van der Waals surface area contributed by atoms with Gasteiger partial charge in [0.2, 0.25) is 0 Å². The van der Waals surface area contributed by atoms with E-state index in [0.717, 1.165) is 25.9 Å². The van der Waals surface area contributed by atoms with E-state index in [9.17, 15) is 5.11 Å². The number of rotatable bonds is 1. The molecule has 12 heavy (non-hydrogen) atoms. The third-order valence-electron chi connectivity index (χ3n) is 2.97. The van der Waals surface area contributed by atoms with Crippen LogP contribution in [0.4, 0.5) is 0 Å². The minimum absolute atomic E-state index is 0.537. The molecule has 1 heterocycles. The molecule has 0 spiro atoms. The highest BCUT2D eigenvalue weighted by Gasteiger charge is 2.34. The Morgan fingerprint density at radius 3 is 2.58 bits per heavy atom. The van der Waals surface area contributed by atoms with Crippen LogP contribution < -0.4 is 0 Å². The summed E-state index contributed by atoms with van der Waals surface area (Å²) in [6.45, 7) is 4.22. The highest BCUT2D eigenvalue weighted by molar-refractivity contribution is 5.20. The predicted octanol–water partition coefficient (Wildman–Crippen LogP) is 1.51. The van der Waals surface area contributed by atoms with E-state index in [2.05, 4.69) is 11.0 Å². The van der Waals surface area contributed by atoms with Gasteiger partial charge >= 0.3 is 0 Å². The van der Waals surface area contributed by atoms with Gasteiger partial charge in [-0.15, -0.1) is 0 Å². The standard InChI is InChI=1S/C10H17NO/c1-10(12)6-4-5-9(10)11-7-2-3-8-11/h5,12H,2-4,6-8H2,1H3. The van der Waals surface area contributed by atoms with Crippen molar-refractivity contribution >= 4 is 0 Å². The Balaban J connectivity index is 2.11. The van der Waals surface area contributed by atoms with Gasteiger partial charge in [0.15, 0.2) is 0 Å². The molecule has 68 valence electrons. The molecule has 1 atom stereocenters. The molecule has 0 aromatic rings. The number of allylic oxidation sites excluding steroid dienone is 1. The van der Waals surface area contributed by atoms with Gasteiger partial charge in [-0.05, 0) is 32.6 Å². The highest BCUT2D eigenvalue weighted by atomic mass is 16.3. The number of likely N-dealkylation sites (tertiary alicyclic amines) is 1. The molecule has 1 aliphatic heterocycles. The Kier molecular flexibility index (Phi) is 1.87. The molecule has 2 heteroatoms. The fourth-order valence-corrected chi connectivity index (χ4v) is 2.27. The lowest BCUT2D eigenvalue weighted by molar-refractivity contribution is 0.0721. The number of nitrogens with zero attached hydrogens (tertiary/aromatic N) is 1. The lowest BCUT2D eigenvalue weighted by atomic mass is 10.0. The summed E-state index contributed by atoms with van der Waals surface area (Å²) >= 11 is 0. The second kappa shape index (κ2) is 2.77. The molecule has 0 radical (unpaired) electrons. The SMILES string of the molecule is CC1(O)CCC=C1N1CCCC1. The van der Waals surface area contributed by atoms with Crippen molar-refractivity contribution in [3.63, 3.8) is 0 Å². The average molecular weight is 167 g/mol. The fourth-order valence-electron chi connectivity index (χ4n) is 2.27. The van der Waals surface area contributed by atoms with E-state index < -0.39 is 5.60 Å². The maximum absolute atomic E-state index is 10.0. The Morgan fingerprint density at radius 2 is 2.08 bits per heavy atom. The van der Waals surface area contributed by atoms with E-state index in [0.29, 0.717) is 0 Å². The molecule has 2 aliphatic rings. The summed E-state index contributed by atoms with van der Waals surface area (Å²) in [6.07, 6.45) is 6.71. The van der Waals surface area contributed by atoms with Crippen molar-refractivity contribution in [2.24, 2.45) is 0 Å². The van der Waals surface area contributed by atoms with E-state index in [-0.39, 0.29) is 0 Å². The van der Waals surface area contributed by atoms with Crippen LogP contribution in [0.15, 0.2) is 11.8 Å². The van der Waals surface area contributed by atoms with E-state index in [1.807, 2.05) is 6.92 Å². The van der Waals surface area contributed by atoms with Crippen LogP contribution in [0.3, 0.4) is 0 Å². The van der Waals surface area contributed by atoms with Gasteiger partial charge in [-0.1, -0.05) is 6.08 Å². The Morgan fingerprint density at radius 1 is 1.42 bits per heavy atom. The van der Waals surface area contributed by atoms with Gasteiger partial charge in [0.1, 0.15) is 5.60 Å². The van der Waals surface area contributed by atoms with Crippen LogP contribution in [-0.2, 0) is 0 Å². The van der Waals surface area contributed by atoms with E-state index in [4.69, 9.17) is 0 Å². The molecule has 2 rings (SSSR count). The largest absolute Gasteiger partial charge is 0.384 e. The molecule has 0 aromatic carbocycles. The quantitative estimate of drug-likeness (QED) is 0.640. The molecule has 1 saturated heterocycles. The Bertz CT molecular complexity index is 202. The van der Waals surface area contributed by atoms with Crippen LogP contribution in [0.2, 0.25) is 0 Å². The number of aliphatic hydroxyl groups is 1. The van der Waals surface area contributed by atoms with Crippen LogP contribution in [0.25, 0.3) is 0 Å². The highest BCUT2D eigenvalue weighted by Crippen LogP contribution is 2.33. The normalized spacial score (nSPS) is 35.8. The third-order valence-corrected chi connectivity index (χ3v) is 2.97. The van der Waals surface area contributed by atoms with Gasteiger partial charge < -0.3 is 10.0 Å². The molecular weight excluding hydrogens is 150 g/mol. The maximum atomic E-state index is 10.0. The van der Waals surface area contributed by atoms with E-state index in [1.165, 1.54) is 18.5 Å². The second-order valence-electron chi connectivity index (χ2n) is 4.10. The monoisotopic (exact) mass is 167 g/mol. The Hall–Kier alpha value is -0.500. The lowest BCUT2D eigenvalue weighted by Crippen LogP contribution is -2.34. The lowest BCUT2D eigenvalue weighted by Gasteiger charge is -2.29. The van der Waals surface area contributed by atoms with Gasteiger partial charge in [0.05, 0.1) is 0 Å². The van der Waals surface area contributed by atoms with Crippen molar-refractivity contribution in [3.05, 3.63) is 11.8 Å². The van der Waals surface area contributed by atoms with Gasteiger partial charge in [0, 0.05) is 18.8 Å². The van der Waals surface area contributed by atoms with E-state index >= 15 is 0 Å². The van der Waals surface area contributed by atoms with Gasteiger partial charge in [-0.25, -0.2) is 0 Å². The van der Waals surface area contributed by atoms with Crippen LogP contribution in [0.1, 0.15) is 32.6 Å². The predicted molar refractivity (Wildman–Crippen MR) is 48.7 cm³/mol. The number of hydrogen-bond donors (Lipinski definition) is 1. The first-order valence-corrected chi connectivity index (χ1v) is 4.88. The molecular formula is C10H17NO. The van der Waals surface area contributed by atoms with Crippen LogP contribution in [-0.4, -0.2) is 28.7 Å². The molecule has 1 aliphatic carbocycles. The van der Waals surface area contributed by atoms with Crippen molar-refractivity contribution in [1.82, 2.24) is 4.90 Å². The Labute approximate surface area is 73.9 Å². The molecule has 1 N–H and O–H groups in total. The smallest absolute Gasteiger partial charge is 0.101 e. The van der Waals surface area contributed by atoms with Crippen molar-refractivity contribution < 1.29 is 5.11 Å². The summed E-state index contributed by atoms with van der Waals surface area (Å²) in [7, 11) is 0. The first kappa shape index (κ1) is 8.11. The summed E-state index contributed by atoms with van der Waals surface area (Å²) < 4.78 is 0. The van der Waals surface area contributed by atoms with Crippen molar-refractivity contribution in [2.45, 2.75) is 38.2 Å².